The second kappa shape index (κ2) is 6.42. The van der Waals surface area contributed by atoms with Crippen molar-refractivity contribution in [1.29, 1.82) is 0 Å². The SMILES string of the molecule is Cc1cc(CNS(=O)(=O)c2ccc(CNC(C)C)o2)no1. The molecule has 2 N–H and O–H groups in total. The Morgan fingerprint density at radius 2 is 2.05 bits per heavy atom. The van der Waals surface area contributed by atoms with Gasteiger partial charge in [-0.3, -0.25) is 0 Å². The van der Waals surface area contributed by atoms with E-state index in [0.29, 0.717) is 29.8 Å². The van der Waals surface area contributed by atoms with Gasteiger partial charge in [-0.25, -0.2) is 13.1 Å². The molecule has 8 heteroatoms. The van der Waals surface area contributed by atoms with Gasteiger partial charge in [0.2, 0.25) is 5.09 Å². The van der Waals surface area contributed by atoms with Crippen molar-refractivity contribution >= 4 is 10.0 Å². The summed E-state index contributed by atoms with van der Waals surface area (Å²) in [6.45, 7) is 6.28. The first-order valence-corrected chi connectivity index (χ1v) is 8.09. The van der Waals surface area contributed by atoms with Crippen LogP contribution in [0.25, 0.3) is 0 Å². The average Bonchev–Trinajstić information content (AvgIpc) is 3.03. The van der Waals surface area contributed by atoms with E-state index in [2.05, 4.69) is 15.2 Å². The van der Waals surface area contributed by atoms with Crippen molar-refractivity contribution in [2.45, 2.75) is 45.0 Å². The molecule has 2 aromatic rings. The second-order valence-electron chi connectivity index (χ2n) is 5.01. The Kier molecular flexibility index (Phi) is 4.81. The lowest BCUT2D eigenvalue weighted by molar-refractivity contribution is 0.387. The Balaban J connectivity index is 1.99. The topological polar surface area (TPSA) is 97.4 Å². The van der Waals surface area contributed by atoms with Gasteiger partial charge >= 0.3 is 0 Å². The fraction of sp³-hybridized carbons (Fsp3) is 0.462. The first kappa shape index (κ1) is 15.7. The fourth-order valence-corrected chi connectivity index (χ4v) is 2.59. The van der Waals surface area contributed by atoms with Gasteiger partial charge in [0.15, 0.2) is 0 Å². The van der Waals surface area contributed by atoms with Gasteiger partial charge in [0.05, 0.1) is 18.8 Å². The van der Waals surface area contributed by atoms with E-state index in [4.69, 9.17) is 8.94 Å². The Morgan fingerprint density at radius 3 is 2.67 bits per heavy atom. The number of nitrogens with zero attached hydrogens (tertiary/aromatic N) is 1. The van der Waals surface area contributed by atoms with E-state index in [0.717, 1.165) is 0 Å². The van der Waals surface area contributed by atoms with Crippen molar-refractivity contribution in [3.63, 3.8) is 0 Å². The summed E-state index contributed by atoms with van der Waals surface area (Å²) in [6.07, 6.45) is 0. The minimum atomic E-state index is -3.69. The molecule has 0 saturated carbocycles. The normalized spacial score (nSPS) is 12.2. The molecule has 0 fully saturated rings. The molecule has 7 nitrogen and oxygen atoms in total. The van der Waals surface area contributed by atoms with Crippen LogP contribution in [0.1, 0.15) is 31.1 Å². The summed E-state index contributed by atoms with van der Waals surface area (Å²) in [6, 6.07) is 5.05. The minimum absolute atomic E-state index is 0.0555. The molecule has 0 bridgehead atoms. The number of aryl methyl sites for hydroxylation is 1. The molecule has 0 aliphatic rings. The van der Waals surface area contributed by atoms with Crippen molar-refractivity contribution in [2.24, 2.45) is 0 Å². The minimum Gasteiger partial charge on any atom is -0.447 e. The lowest BCUT2D eigenvalue weighted by Gasteiger charge is -2.05. The van der Waals surface area contributed by atoms with Gasteiger partial charge in [0.25, 0.3) is 10.0 Å². The summed E-state index contributed by atoms with van der Waals surface area (Å²) in [4.78, 5) is 0. The smallest absolute Gasteiger partial charge is 0.274 e. The van der Waals surface area contributed by atoms with Crippen LogP contribution in [-0.2, 0) is 23.1 Å². The number of sulfonamides is 1. The molecule has 21 heavy (non-hydrogen) atoms. The number of hydrogen-bond donors (Lipinski definition) is 2. The van der Waals surface area contributed by atoms with E-state index in [9.17, 15) is 8.42 Å². The van der Waals surface area contributed by atoms with Crippen molar-refractivity contribution in [3.8, 4) is 0 Å². The highest BCUT2D eigenvalue weighted by Gasteiger charge is 2.19. The van der Waals surface area contributed by atoms with Gasteiger partial charge in [-0.05, 0) is 19.1 Å². The Labute approximate surface area is 123 Å². The summed E-state index contributed by atoms with van der Waals surface area (Å²) in [7, 11) is -3.69. The average molecular weight is 313 g/mol. The number of aromatic nitrogens is 1. The van der Waals surface area contributed by atoms with Crippen LogP contribution < -0.4 is 10.0 Å². The van der Waals surface area contributed by atoms with Gasteiger partial charge < -0.3 is 14.3 Å². The molecule has 0 saturated heterocycles. The summed E-state index contributed by atoms with van der Waals surface area (Å²) in [5, 5.41) is 6.77. The molecule has 116 valence electrons. The van der Waals surface area contributed by atoms with Gasteiger partial charge in [-0.1, -0.05) is 19.0 Å². The lowest BCUT2D eigenvalue weighted by atomic mass is 10.3. The molecular weight excluding hydrogens is 294 g/mol. The summed E-state index contributed by atoms with van der Waals surface area (Å²) in [5.41, 5.74) is 0.518. The summed E-state index contributed by atoms with van der Waals surface area (Å²) in [5.74, 6) is 1.20. The van der Waals surface area contributed by atoms with Crippen LogP contribution in [0, 0.1) is 6.92 Å². The third-order valence-corrected chi connectivity index (χ3v) is 3.98. The van der Waals surface area contributed by atoms with Gasteiger partial charge in [-0.15, -0.1) is 0 Å². The molecule has 0 spiro atoms. The molecule has 0 atom stereocenters. The highest BCUT2D eigenvalue weighted by atomic mass is 32.2. The second-order valence-corrected chi connectivity index (χ2v) is 6.71. The molecular formula is C13H19N3O4S. The predicted molar refractivity (Wildman–Crippen MR) is 75.9 cm³/mol. The monoisotopic (exact) mass is 313 g/mol. The first-order chi connectivity index (χ1) is 9.87. The van der Waals surface area contributed by atoms with Gasteiger partial charge in [0.1, 0.15) is 11.5 Å². The maximum Gasteiger partial charge on any atom is 0.274 e. The zero-order valence-electron chi connectivity index (χ0n) is 12.2. The fourth-order valence-electron chi connectivity index (χ4n) is 1.64. The zero-order chi connectivity index (χ0) is 15.5. The lowest BCUT2D eigenvalue weighted by Crippen LogP contribution is -2.23. The summed E-state index contributed by atoms with van der Waals surface area (Å²) < 4.78 is 36.8. The predicted octanol–water partition coefficient (Wildman–Crippen LogP) is 1.55. The quantitative estimate of drug-likeness (QED) is 0.805. The molecule has 0 aliphatic carbocycles. The molecule has 0 radical (unpaired) electrons. The first-order valence-electron chi connectivity index (χ1n) is 6.61. The van der Waals surface area contributed by atoms with Crippen molar-refractivity contribution in [3.05, 3.63) is 35.4 Å². The Hall–Kier alpha value is -1.64. The third kappa shape index (κ3) is 4.42. The van der Waals surface area contributed by atoms with Gasteiger partial charge in [-0.2, -0.15) is 0 Å². The van der Waals surface area contributed by atoms with E-state index < -0.39 is 10.0 Å². The number of nitrogens with one attached hydrogen (secondary N) is 2. The van der Waals surface area contributed by atoms with Crippen LogP contribution in [-0.4, -0.2) is 19.6 Å². The highest BCUT2D eigenvalue weighted by Crippen LogP contribution is 2.14. The molecule has 2 heterocycles. The summed E-state index contributed by atoms with van der Waals surface area (Å²) >= 11 is 0. The van der Waals surface area contributed by atoms with Crippen LogP contribution in [0.15, 0.2) is 32.2 Å². The number of rotatable bonds is 7. The van der Waals surface area contributed by atoms with Crippen molar-refractivity contribution in [1.82, 2.24) is 15.2 Å². The van der Waals surface area contributed by atoms with Crippen LogP contribution in [0.3, 0.4) is 0 Å². The zero-order valence-corrected chi connectivity index (χ0v) is 13.0. The Morgan fingerprint density at radius 1 is 1.29 bits per heavy atom. The van der Waals surface area contributed by atoms with Crippen LogP contribution in [0.5, 0.6) is 0 Å². The molecule has 2 aromatic heterocycles. The Bertz CT molecular complexity index is 688. The van der Waals surface area contributed by atoms with Crippen molar-refractivity contribution in [2.75, 3.05) is 0 Å². The number of furan rings is 1. The molecule has 0 aromatic carbocycles. The molecule has 0 aliphatic heterocycles. The molecule has 2 rings (SSSR count). The maximum atomic E-state index is 12.1. The largest absolute Gasteiger partial charge is 0.447 e. The van der Waals surface area contributed by atoms with E-state index in [-0.39, 0.29) is 11.6 Å². The van der Waals surface area contributed by atoms with Crippen LogP contribution >= 0.6 is 0 Å². The van der Waals surface area contributed by atoms with Gasteiger partial charge in [0, 0.05) is 12.1 Å². The standard InChI is InChI=1S/C13H19N3O4S/c1-9(2)14-8-12-4-5-13(19-12)21(17,18)15-7-11-6-10(3)20-16-11/h4-6,9,14-15H,7-8H2,1-3H3. The molecule has 0 amide bonds. The third-order valence-electron chi connectivity index (χ3n) is 2.71. The highest BCUT2D eigenvalue weighted by molar-refractivity contribution is 7.89. The van der Waals surface area contributed by atoms with Crippen LogP contribution in [0.2, 0.25) is 0 Å². The van der Waals surface area contributed by atoms with E-state index in [1.54, 1.807) is 19.1 Å². The molecule has 0 unspecified atom stereocenters. The van der Waals surface area contributed by atoms with E-state index >= 15 is 0 Å². The maximum absolute atomic E-state index is 12.1. The number of hydrogen-bond acceptors (Lipinski definition) is 6. The van der Waals surface area contributed by atoms with E-state index in [1.807, 2.05) is 13.8 Å². The van der Waals surface area contributed by atoms with E-state index in [1.165, 1.54) is 6.07 Å². The van der Waals surface area contributed by atoms with Crippen LogP contribution in [0.4, 0.5) is 0 Å². The van der Waals surface area contributed by atoms with Crippen molar-refractivity contribution < 1.29 is 17.4 Å².